The van der Waals surface area contributed by atoms with E-state index in [2.05, 4.69) is 5.32 Å². The Morgan fingerprint density at radius 3 is 2.38 bits per heavy atom. The smallest absolute Gasteiger partial charge is 0.233 e. The van der Waals surface area contributed by atoms with Crippen LogP contribution in [-0.2, 0) is 14.4 Å². The van der Waals surface area contributed by atoms with Crippen molar-refractivity contribution in [3.8, 4) is 5.75 Å². The van der Waals surface area contributed by atoms with Crippen LogP contribution in [0.3, 0.4) is 0 Å². The molecule has 1 aromatic carbocycles. The van der Waals surface area contributed by atoms with Gasteiger partial charge in [0, 0.05) is 19.5 Å². The monoisotopic (exact) mass is 358 g/mol. The average Bonchev–Trinajstić information content (AvgIpc) is 2.91. The molecule has 2 fully saturated rings. The van der Waals surface area contributed by atoms with Crippen LogP contribution < -0.4 is 10.1 Å². The lowest BCUT2D eigenvalue weighted by Gasteiger charge is -2.19. The normalized spacial score (nSPS) is 22.2. The number of benzene rings is 1. The summed E-state index contributed by atoms with van der Waals surface area (Å²) < 4.78 is 5.56. The zero-order valence-electron chi connectivity index (χ0n) is 15.0. The molecule has 6 nitrogen and oxygen atoms in total. The number of fused-ring (bicyclic) bond motifs is 1. The first-order chi connectivity index (χ1) is 12.7. The summed E-state index contributed by atoms with van der Waals surface area (Å²) in [4.78, 5) is 38.0. The van der Waals surface area contributed by atoms with Crippen molar-refractivity contribution in [2.24, 2.45) is 11.8 Å². The van der Waals surface area contributed by atoms with Crippen LogP contribution in [0.1, 0.15) is 38.5 Å². The molecule has 0 bridgehead atoms. The molecule has 2 aliphatic rings. The van der Waals surface area contributed by atoms with Gasteiger partial charge in [-0.3, -0.25) is 19.3 Å². The number of hydrogen-bond acceptors (Lipinski definition) is 4. The third kappa shape index (κ3) is 4.42. The standard InChI is InChI=1S/C20H26N2O4/c23-18(21-12-6-14-26-15-7-2-1-3-8-15)11-13-22-19(24)16-9-4-5-10-17(16)20(22)25/h1-3,7-8,16-17H,4-6,9-14H2,(H,21,23)/t16-,17+. The van der Waals surface area contributed by atoms with Gasteiger partial charge in [-0.05, 0) is 31.4 Å². The van der Waals surface area contributed by atoms with E-state index in [1.807, 2.05) is 30.3 Å². The number of imide groups is 1. The summed E-state index contributed by atoms with van der Waals surface area (Å²) in [7, 11) is 0. The Balaban J connectivity index is 1.32. The van der Waals surface area contributed by atoms with Crippen LogP contribution in [0.4, 0.5) is 0 Å². The molecule has 26 heavy (non-hydrogen) atoms. The van der Waals surface area contributed by atoms with Crippen LogP contribution in [0.5, 0.6) is 5.75 Å². The maximum atomic E-state index is 12.4. The molecule has 1 heterocycles. The highest BCUT2D eigenvalue weighted by molar-refractivity contribution is 6.05. The van der Waals surface area contributed by atoms with Crippen LogP contribution in [0.25, 0.3) is 0 Å². The van der Waals surface area contributed by atoms with Crippen LogP contribution in [0.2, 0.25) is 0 Å². The van der Waals surface area contributed by atoms with Crippen molar-refractivity contribution < 1.29 is 19.1 Å². The van der Waals surface area contributed by atoms with Crippen LogP contribution >= 0.6 is 0 Å². The second-order valence-electron chi connectivity index (χ2n) is 6.94. The molecule has 1 saturated carbocycles. The van der Waals surface area contributed by atoms with Crippen molar-refractivity contribution in [2.75, 3.05) is 19.7 Å². The fourth-order valence-corrected chi connectivity index (χ4v) is 3.76. The summed E-state index contributed by atoms with van der Waals surface area (Å²) in [6.07, 6.45) is 4.50. The Morgan fingerprint density at radius 2 is 1.73 bits per heavy atom. The average molecular weight is 358 g/mol. The number of carbonyl (C=O) groups is 3. The Bertz CT molecular complexity index is 622. The summed E-state index contributed by atoms with van der Waals surface area (Å²) in [6.45, 7) is 1.23. The molecule has 3 amide bonds. The van der Waals surface area contributed by atoms with E-state index in [9.17, 15) is 14.4 Å². The van der Waals surface area contributed by atoms with Gasteiger partial charge in [-0.2, -0.15) is 0 Å². The van der Waals surface area contributed by atoms with Gasteiger partial charge >= 0.3 is 0 Å². The molecule has 1 aliphatic carbocycles. The number of likely N-dealkylation sites (tertiary alicyclic amines) is 1. The number of hydrogen-bond donors (Lipinski definition) is 1. The van der Waals surface area contributed by atoms with Gasteiger partial charge < -0.3 is 10.1 Å². The summed E-state index contributed by atoms with van der Waals surface area (Å²) in [5.41, 5.74) is 0. The van der Waals surface area contributed by atoms with E-state index < -0.39 is 0 Å². The molecule has 0 radical (unpaired) electrons. The molecule has 140 valence electrons. The fraction of sp³-hybridized carbons (Fsp3) is 0.550. The Kier molecular flexibility index (Phi) is 6.26. The molecule has 3 rings (SSSR count). The molecular weight excluding hydrogens is 332 g/mol. The summed E-state index contributed by atoms with van der Waals surface area (Å²) in [5.74, 6) is 0.225. The van der Waals surface area contributed by atoms with Crippen molar-refractivity contribution in [1.29, 1.82) is 0 Å². The number of amides is 3. The summed E-state index contributed by atoms with van der Waals surface area (Å²) >= 11 is 0. The number of nitrogens with zero attached hydrogens (tertiary/aromatic N) is 1. The van der Waals surface area contributed by atoms with E-state index in [0.29, 0.717) is 19.6 Å². The van der Waals surface area contributed by atoms with E-state index in [1.54, 1.807) is 0 Å². The van der Waals surface area contributed by atoms with Gasteiger partial charge in [0.25, 0.3) is 0 Å². The Hall–Kier alpha value is -2.37. The third-order valence-electron chi connectivity index (χ3n) is 5.15. The van der Waals surface area contributed by atoms with E-state index in [1.165, 1.54) is 4.90 Å². The van der Waals surface area contributed by atoms with Gasteiger partial charge in [0.2, 0.25) is 17.7 Å². The number of ether oxygens (including phenoxy) is 1. The fourth-order valence-electron chi connectivity index (χ4n) is 3.76. The lowest BCUT2D eigenvalue weighted by molar-refractivity contribution is -0.140. The lowest BCUT2D eigenvalue weighted by Crippen LogP contribution is -2.35. The summed E-state index contributed by atoms with van der Waals surface area (Å²) in [6, 6.07) is 9.53. The van der Waals surface area contributed by atoms with Gasteiger partial charge in [-0.1, -0.05) is 31.0 Å². The van der Waals surface area contributed by atoms with Crippen molar-refractivity contribution in [3.05, 3.63) is 30.3 Å². The van der Waals surface area contributed by atoms with Crippen LogP contribution in [-0.4, -0.2) is 42.3 Å². The third-order valence-corrected chi connectivity index (χ3v) is 5.15. The quantitative estimate of drug-likeness (QED) is 0.571. The largest absolute Gasteiger partial charge is 0.494 e. The van der Waals surface area contributed by atoms with Crippen molar-refractivity contribution in [1.82, 2.24) is 10.2 Å². The van der Waals surface area contributed by atoms with Crippen LogP contribution in [0, 0.1) is 11.8 Å². The highest BCUT2D eigenvalue weighted by atomic mass is 16.5. The SMILES string of the molecule is O=C(CCN1C(=O)[C@H]2CCCC[C@H]2C1=O)NCCCOc1ccccc1. The molecule has 1 aliphatic heterocycles. The van der Waals surface area contributed by atoms with Gasteiger partial charge in [0.1, 0.15) is 5.75 Å². The van der Waals surface area contributed by atoms with E-state index in [0.717, 1.165) is 31.4 Å². The molecule has 1 aromatic rings. The first-order valence-electron chi connectivity index (χ1n) is 9.46. The van der Waals surface area contributed by atoms with Crippen molar-refractivity contribution in [3.63, 3.8) is 0 Å². The van der Waals surface area contributed by atoms with Gasteiger partial charge in [-0.25, -0.2) is 0 Å². The molecule has 1 saturated heterocycles. The van der Waals surface area contributed by atoms with Gasteiger partial charge in [0.05, 0.1) is 18.4 Å². The number of rotatable bonds is 8. The number of para-hydroxylation sites is 1. The molecule has 0 aromatic heterocycles. The molecule has 0 unspecified atom stereocenters. The number of nitrogens with one attached hydrogen (secondary N) is 1. The second-order valence-corrected chi connectivity index (χ2v) is 6.94. The predicted molar refractivity (Wildman–Crippen MR) is 96.3 cm³/mol. The van der Waals surface area contributed by atoms with Gasteiger partial charge in [0.15, 0.2) is 0 Å². The second kappa shape index (κ2) is 8.83. The van der Waals surface area contributed by atoms with E-state index in [-0.39, 0.29) is 42.5 Å². The van der Waals surface area contributed by atoms with Crippen LogP contribution in [0.15, 0.2) is 30.3 Å². The maximum Gasteiger partial charge on any atom is 0.233 e. The van der Waals surface area contributed by atoms with Crippen molar-refractivity contribution >= 4 is 17.7 Å². The highest BCUT2D eigenvalue weighted by Gasteiger charge is 2.47. The molecule has 6 heteroatoms. The Morgan fingerprint density at radius 1 is 1.08 bits per heavy atom. The molecular formula is C20H26N2O4. The lowest BCUT2D eigenvalue weighted by atomic mass is 9.81. The summed E-state index contributed by atoms with van der Waals surface area (Å²) in [5, 5.41) is 2.82. The first kappa shape index (κ1) is 18.4. The topological polar surface area (TPSA) is 75.7 Å². The Labute approximate surface area is 153 Å². The molecule has 0 spiro atoms. The maximum absolute atomic E-state index is 12.4. The van der Waals surface area contributed by atoms with Gasteiger partial charge in [-0.15, -0.1) is 0 Å². The molecule has 2 atom stereocenters. The highest BCUT2D eigenvalue weighted by Crippen LogP contribution is 2.37. The minimum Gasteiger partial charge on any atom is -0.494 e. The molecule has 1 N–H and O–H groups in total. The number of carbonyl (C=O) groups excluding carboxylic acids is 3. The first-order valence-corrected chi connectivity index (χ1v) is 9.46. The predicted octanol–water partition coefficient (Wildman–Crippen LogP) is 2.14. The minimum absolute atomic E-state index is 0.0799. The zero-order valence-corrected chi connectivity index (χ0v) is 15.0. The minimum atomic E-state index is -0.144. The van der Waals surface area contributed by atoms with E-state index >= 15 is 0 Å². The zero-order chi connectivity index (χ0) is 18.4. The van der Waals surface area contributed by atoms with Crippen molar-refractivity contribution in [2.45, 2.75) is 38.5 Å². The van der Waals surface area contributed by atoms with E-state index in [4.69, 9.17) is 4.74 Å².